The average molecular weight is 328 g/mol. The van der Waals surface area contributed by atoms with Crippen molar-refractivity contribution in [3.05, 3.63) is 57.4 Å². The van der Waals surface area contributed by atoms with E-state index in [0.717, 1.165) is 5.56 Å². The number of benzene rings is 1. The molecule has 1 aromatic carbocycles. The third kappa shape index (κ3) is 3.45. The third-order valence-corrected chi connectivity index (χ3v) is 2.69. The van der Waals surface area contributed by atoms with Crippen LogP contribution in [0.4, 0.5) is 0 Å². The van der Waals surface area contributed by atoms with E-state index in [-0.39, 0.29) is 5.76 Å². The number of carbonyl (C=O) groups excluding carboxylic acids is 1. The fourth-order valence-electron chi connectivity index (χ4n) is 1.24. The Balaban J connectivity index is 1.97. The number of carbonyl (C=O) groups is 1. The minimum absolute atomic E-state index is 0.185. The molecular weight excluding hydrogens is 320 g/mol. The number of amides is 1. The molecule has 0 bridgehead atoms. The number of furan rings is 1. The fraction of sp³-hybridized carbons (Fsp3) is 0. The van der Waals surface area contributed by atoms with Gasteiger partial charge in [-0.25, -0.2) is 5.43 Å². The third-order valence-electron chi connectivity index (χ3n) is 2.03. The van der Waals surface area contributed by atoms with Gasteiger partial charge >= 0.3 is 5.91 Å². The van der Waals surface area contributed by atoms with Crippen molar-refractivity contribution in [2.45, 2.75) is 0 Å². The predicted octanol–water partition coefficient (Wildman–Crippen LogP) is 3.46. The van der Waals surface area contributed by atoms with Gasteiger partial charge in [-0.2, -0.15) is 5.10 Å². The molecule has 2 rings (SSSR count). The zero-order valence-electron chi connectivity index (χ0n) is 9.06. The van der Waals surface area contributed by atoms with Gasteiger partial charge in [-0.05, 0) is 45.8 Å². The number of hydrogen-bond acceptors (Lipinski definition) is 3. The number of hydrogen-bond donors (Lipinski definition) is 1. The normalized spacial score (nSPS) is 10.8. The zero-order valence-corrected chi connectivity index (χ0v) is 11.4. The van der Waals surface area contributed by atoms with Crippen LogP contribution in [0.2, 0.25) is 5.02 Å². The second-order valence-electron chi connectivity index (χ2n) is 3.36. The summed E-state index contributed by atoms with van der Waals surface area (Å²) in [6, 6.07) is 10.3. The van der Waals surface area contributed by atoms with Crippen LogP contribution in [0.1, 0.15) is 16.1 Å². The Morgan fingerprint density at radius 3 is 2.89 bits per heavy atom. The van der Waals surface area contributed by atoms with Crippen LogP contribution in [-0.2, 0) is 0 Å². The quantitative estimate of drug-likeness (QED) is 0.693. The molecule has 0 aliphatic heterocycles. The fourth-order valence-corrected chi connectivity index (χ4v) is 1.75. The Morgan fingerprint density at radius 2 is 2.22 bits per heavy atom. The van der Waals surface area contributed by atoms with Gasteiger partial charge < -0.3 is 4.42 Å². The Labute approximate surface area is 117 Å². The summed E-state index contributed by atoms with van der Waals surface area (Å²) in [4.78, 5) is 11.5. The first-order chi connectivity index (χ1) is 8.65. The van der Waals surface area contributed by atoms with Gasteiger partial charge in [0.05, 0.1) is 6.21 Å². The highest BCUT2D eigenvalue weighted by Gasteiger charge is 2.08. The number of nitrogens with one attached hydrogen (secondary N) is 1. The van der Waals surface area contributed by atoms with Crippen LogP contribution in [0.25, 0.3) is 0 Å². The van der Waals surface area contributed by atoms with Gasteiger partial charge in [0.15, 0.2) is 10.4 Å². The molecule has 18 heavy (non-hydrogen) atoms. The number of rotatable bonds is 3. The molecule has 0 saturated carbocycles. The largest absolute Gasteiger partial charge is 0.444 e. The highest BCUT2D eigenvalue weighted by Crippen LogP contribution is 2.13. The number of halogens is 2. The lowest BCUT2D eigenvalue weighted by Gasteiger charge is -1.96. The minimum Gasteiger partial charge on any atom is -0.444 e. The Hall–Kier alpha value is -1.59. The molecule has 0 atom stereocenters. The predicted molar refractivity (Wildman–Crippen MR) is 72.9 cm³/mol. The lowest BCUT2D eigenvalue weighted by molar-refractivity contribution is 0.0926. The van der Waals surface area contributed by atoms with Gasteiger partial charge in [0, 0.05) is 5.02 Å². The standard InChI is InChI=1S/C12H8BrClN2O2/c13-11-5-4-10(18-11)12(17)16-15-7-8-2-1-3-9(14)6-8/h1-7H,(H,16,17)/b15-7-. The summed E-state index contributed by atoms with van der Waals surface area (Å²) in [5, 5.41) is 4.42. The molecular formula is C12H8BrClN2O2. The molecule has 0 fully saturated rings. The first kappa shape index (κ1) is 12.9. The lowest BCUT2D eigenvalue weighted by Crippen LogP contribution is -2.16. The van der Waals surface area contributed by atoms with E-state index in [0.29, 0.717) is 9.69 Å². The molecule has 0 aliphatic rings. The highest BCUT2D eigenvalue weighted by atomic mass is 79.9. The van der Waals surface area contributed by atoms with Gasteiger partial charge in [0.25, 0.3) is 0 Å². The summed E-state index contributed by atoms with van der Waals surface area (Å²) in [5.74, 6) is -0.232. The van der Waals surface area contributed by atoms with Gasteiger partial charge in [0.1, 0.15) is 0 Å². The van der Waals surface area contributed by atoms with Gasteiger partial charge in [0.2, 0.25) is 0 Å². The van der Waals surface area contributed by atoms with Crippen LogP contribution in [0.5, 0.6) is 0 Å². The number of nitrogens with zero attached hydrogens (tertiary/aromatic N) is 1. The van der Waals surface area contributed by atoms with E-state index in [1.165, 1.54) is 6.21 Å². The van der Waals surface area contributed by atoms with Gasteiger partial charge in [-0.15, -0.1) is 0 Å². The maximum Gasteiger partial charge on any atom is 0.307 e. The van der Waals surface area contributed by atoms with E-state index >= 15 is 0 Å². The van der Waals surface area contributed by atoms with E-state index in [1.54, 1.807) is 30.3 Å². The maximum atomic E-state index is 11.5. The minimum atomic E-state index is -0.418. The number of hydrazone groups is 1. The van der Waals surface area contributed by atoms with E-state index in [9.17, 15) is 4.79 Å². The van der Waals surface area contributed by atoms with Gasteiger partial charge in [-0.3, -0.25) is 4.79 Å². The molecule has 0 radical (unpaired) electrons. The van der Waals surface area contributed by atoms with Crippen LogP contribution < -0.4 is 5.43 Å². The topological polar surface area (TPSA) is 54.6 Å². The molecule has 0 saturated heterocycles. The Kier molecular flexibility index (Phi) is 4.17. The second kappa shape index (κ2) is 5.84. The van der Waals surface area contributed by atoms with Crippen molar-refractivity contribution in [2.24, 2.45) is 5.10 Å². The summed E-state index contributed by atoms with van der Waals surface area (Å²) in [6.07, 6.45) is 1.50. The average Bonchev–Trinajstić information content (AvgIpc) is 2.76. The smallest absolute Gasteiger partial charge is 0.307 e. The molecule has 1 heterocycles. The summed E-state index contributed by atoms with van der Waals surface area (Å²) < 4.78 is 5.57. The molecule has 1 amide bonds. The molecule has 4 nitrogen and oxygen atoms in total. The van der Waals surface area contributed by atoms with Crippen molar-refractivity contribution < 1.29 is 9.21 Å². The monoisotopic (exact) mass is 326 g/mol. The molecule has 6 heteroatoms. The van der Waals surface area contributed by atoms with Crippen LogP contribution in [0.3, 0.4) is 0 Å². The van der Waals surface area contributed by atoms with Crippen LogP contribution in [0, 0.1) is 0 Å². The van der Waals surface area contributed by atoms with Crippen molar-refractivity contribution in [3.8, 4) is 0 Å². The SMILES string of the molecule is O=C(N/N=C\c1cccc(Cl)c1)c1ccc(Br)o1. The Morgan fingerprint density at radius 1 is 1.39 bits per heavy atom. The van der Waals surface area contributed by atoms with E-state index in [2.05, 4.69) is 26.5 Å². The van der Waals surface area contributed by atoms with Crippen LogP contribution in [0.15, 0.2) is 50.6 Å². The molecule has 1 aromatic heterocycles. The molecule has 1 N–H and O–H groups in total. The lowest BCUT2D eigenvalue weighted by atomic mass is 10.2. The molecule has 2 aromatic rings. The molecule has 0 spiro atoms. The summed E-state index contributed by atoms with van der Waals surface area (Å²) in [6.45, 7) is 0. The maximum absolute atomic E-state index is 11.5. The second-order valence-corrected chi connectivity index (χ2v) is 4.58. The summed E-state index contributed by atoms with van der Waals surface area (Å²) in [5.41, 5.74) is 3.15. The van der Waals surface area contributed by atoms with Gasteiger partial charge in [-0.1, -0.05) is 23.7 Å². The molecule has 0 aliphatic carbocycles. The zero-order chi connectivity index (χ0) is 13.0. The highest BCUT2D eigenvalue weighted by molar-refractivity contribution is 9.10. The van der Waals surface area contributed by atoms with E-state index in [1.807, 2.05) is 6.07 Å². The van der Waals surface area contributed by atoms with E-state index in [4.69, 9.17) is 16.0 Å². The van der Waals surface area contributed by atoms with Crippen molar-refractivity contribution in [3.63, 3.8) is 0 Å². The van der Waals surface area contributed by atoms with Crippen molar-refractivity contribution >= 4 is 39.7 Å². The van der Waals surface area contributed by atoms with Crippen molar-refractivity contribution in [1.82, 2.24) is 5.43 Å². The van der Waals surface area contributed by atoms with E-state index < -0.39 is 5.91 Å². The van der Waals surface area contributed by atoms with Crippen molar-refractivity contribution in [2.75, 3.05) is 0 Å². The summed E-state index contributed by atoms with van der Waals surface area (Å²) in [7, 11) is 0. The summed E-state index contributed by atoms with van der Waals surface area (Å²) >= 11 is 8.93. The van der Waals surface area contributed by atoms with Crippen molar-refractivity contribution in [1.29, 1.82) is 0 Å². The van der Waals surface area contributed by atoms with Crippen LogP contribution >= 0.6 is 27.5 Å². The molecule has 0 unspecified atom stereocenters. The van der Waals surface area contributed by atoms with Crippen LogP contribution in [-0.4, -0.2) is 12.1 Å². The Bertz CT molecular complexity index is 595. The first-order valence-electron chi connectivity index (χ1n) is 4.99. The first-order valence-corrected chi connectivity index (χ1v) is 6.16. The molecule has 92 valence electrons.